The van der Waals surface area contributed by atoms with E-state index in [2.05, 4.69) is 20.4 Å². The monoisotopic (exact) mass is 441 g/mol. The van der Waals surface area contributed by atoms with Crippen LogP contribution in [0.1, 0.15) is 44.0 Å². The van der Waals surface area contributed by atoms with Gasteiger partial charge in [0.15, 0.2) is 5.75 Å². The normalized spacial score (nSPS) is 15.0. The number of nitrogens with zero attached hydrogens (tertiary/aromatic N) is 4. The standard InChI is InChI=1S/C23H28FN5O3/c1-23(2,30)20-13-17(3-8-25-20)27-21-14-18(4-9-26-21)32-19-15-29(10-7-24)28-22(19)16-5-11-31-12-6-16/h3-4,8-9,13-16,30H,5-7,10-12H2,1-2H3,(H,25,26,27). The van der Waals surface area contributed by atoms with Crippen molar-refractivity contribution in [2.45, 2.75) is 44.8 Å². The average Bonchev–Trinajstić information content (AvgIpc) is 3.17. The number of ether oxygens (including phenoxy) is 2. The van der Waals surface area contributed by atoms with Crippen LogP contribution in [0.2, 0.25) is 0 Å². The van der Waals surface area contributed by atoms with Crippen LogP contribution in [0, 0.1) is 0 Å². The highest BCUT2D eigenvalue weighted by Gasteiger charge is 2.24. The molecule has 0 saturated carbocycles. The van der Waals surface area contributed by atoms with E-state index in [0.29, 0.717) is 36.2 Å². The van der Waals surface area contributed by atoms with Crippen molar-refractivity contribution in [1.82, 2.24) is 19.7 Å². The molecule has 0 aliphatic carbocycles. The molecule has 4 heterocycles. The number of aryl methyl sites for hydroxylation is 1. The minimum absolute atomic E-state index is 0.189. The predicted octanol–water partition coefficient (Wildman–Crippen LogP) is 4.30. The molecular formula is C23H28FN5O3. The maximum absolute atomic E-state index is 12.9. The second-order valence-electron chi connectivity index (χ2n) is 8.31. The van der Waals surface area contributed by atoms with Gasteiger partial charge in [0.1, 0.15) is 29.5 Å². The molecular weight excluding hydrogens is 413 g/mol. The zero-order chi connectivity index (χ0) is 22.6. The molecule has 0 aromatic carbocycles. The highest BCUT2D eigenvalue weighted by atomic mass is 19.1. The van der Waals surface area contributed by atoms with Crippen molar-refractivity contribution in [3.05, 3.63) is 54.2 Å². The molecule has 1 aliphatic rings. The molecule has 9 heteroatoms. The molecule has 0 bridgehead atoms. The van der Waals surface area contributed by atoms with Crippen molar-refractivity contribution < 1.29 is 19.0 Å². The molecule has 0 atom stereocenters. The minimum Gasteiger partial charge on any atom is -0.454 e. The van der Waals surface area contributed by atoms with Crippen LogP contribution in [-0.2, 0) is 16.9 Å². The molecule has 1 aliphatic heterocycles. The van der Waals surface area contributed by atoms with Crippen molar-refractivity contribution >= 4 is 11.5 Å². The smallest absolute Gasteiger partial charge is 0.168 e. The van der Waals surface area contributed by atoms with Gasteiger partial charge in [0.25, 0.3) is 0 Å². The summed E-state index contributed by atoms with van der Waals surface area (Å²) in [6.45, 7) is 4.43. The summed E-state index contributed by atoms with van der Waals surface area (Å²) in [7, 11) is 0. The van der Waals surface area contributed by atoms with Gasteiger partial charge in [-0.05, 0) is 44.9 Å². The lowest BCUT2D eigenvalue weighted by Crippen LogP contribution is -2.17. The van der Waals surface area contributed by atoms with E-state index in [0.717, 1.165) is 24.2 Å². The molecule has 1 fully saturated rings. The average molecular weight is 442 g/mol. The lowest BCUT2D eigenvalue weighted by atomic mass is 9.96. The highest BCUT2D eigenvalue weighted by molar-refractivity contribution is 5.57. The van der Waals surface area contributed by atoms with E-state index < -0.39 is 12.3 Å². The Hall–Kier alpha value is -3.04. The van der Waals surface area contributed by atoms with Crippen LogP contribution in [-0.4, -0.2) is 44.7 Å². The summed E-state index contributed by atoms with van der Waals surface area (Å²) in [6.07, 6.45) is 6.75. The summed E-state index contributed by atoms with van der Waals surface area (Å²) in [4.78, 5) is 8.57. The number of alkyl halides is 1. The molecule has 0 spiro atoms. The van der Waals surface area contributed by atoms with Crippen molar-refractivity contribution in [1.29, 1.82) is 0 Å². The molecule has 3 aromatic rings. The zero-order valence-electron chi connectivity index (χ0n) is 18.3. The fourth-order valence-corrected chi connectivity index (χ4v) is 3.61. The molecule has 1 saturated heterocycles. The van der Waals surface area contributed by atoms with E-state index in [-0.39, 0.29) is 12.5 Å². The second kappa shape index (κ2) is 9.62. The molecule has 0 radical (unpaired) electrons. The number of hydrogen-bond donors (Lipinski definition) is 2. The fourth-order valence-electron chi connectivity index (χ4n) is 3.61. The third kappa shape index (κ3) is 5.41. The number of aliphatic hydroxyl groups is 1. The van der Waals surface area contributed by atoms with E-state index >= 15 is 0 Å². The Balaban J connectivity index is 1.54. The van der Waals surface area contributed by atoms with Gasteiger partial charge in [0, 0.05) is 43.3 Å². The van der Waals surface area contributed by atoms with Crippen LogP contribution in [0.3, 0.4) is 0 Å². The Kier molecular flexibility index (Phi) is 6.66. The molecule has 0 unspecified atom stereocenters. The number of halogens is 1. The third-order valence-electron chi connectivity index (χ3n) is 5.29. The summed E-state index contributed by atoms with van der Waals surface area (Å²) < 4.78 is 26.1. The summed E-state index contributed by atoms with van der Waals surface area (Å²) in [5.41, 5.74) is 1.09. The molecule has 0 amide bonds. The van der Waals surface area contributed by atoms with Gasteiger partial charge in [-0.25, -0.2) is 9.37 Å². The predicted molar refractivity (Wildman–Crippen MR) is 118 cm³/mol. The molecule has 3 aromatic heterocycles. The van der Waals surface area contributed by atoms with Gasteiger partial charge in [-0.1, -0.05) is 0 Å². The Bertz CT molecular complexity index is 1040. The van der Waals surface area contributed by atoms with Crippen molar-refractivity contribution in [3.8, 4) is 11.5 Å². The second-order valence-corrected chi connectivity index (χ2v) is 8.31. The van der Waals surface area contributed by atoms with Gasteiger partial charge in [-0.15, -0.1) is 0 Å². The van der Waals surface area contributed by atoms with Gasteiger partial charge in [-0.3, -0.25) is 9.67 Å². The summed E-state index contributed by atoms with van der Waals surface area (Å²) >= 11 is 0. The van der Waals surface area contributed by atoms with Crippen molar-refractivity contribution in [3.63, 3.8) is 0 Å². The lowest BCUT2D eigenvalue weighted by Gasteiger charge is -2.21. The largest absolute Gasteiger partial charge is 0.454 e. The molecule has 8 nitrogen and oxygen atoms in total. The van der Waals surface area contributed by atoms with Crippen LogP contribution in [0.5, 0.6) is 11.5 Å². The van der Waals surface area contributed by atoms with Crippen LogP contribution >= 0.6 is 0 Å². The SMILES string of the molecule is CC(C)(O)c1cc(Nc2cc(Oc3cn(CCF)nc3C3CCOCC3)ccn2)ccn1. The number of pyridine rings is 2. The first-order valence-electron chi connectivity index (χ1n) is 10.7. The Morgan fingerprint density at radius 3 is 2.75 bits per heavy atom. The topological polar surface area (TPSA) is 94.3 Å². The van der Waals surface area contributed by atoms with Gasteiger partial charge < -0.3 is 19.9 Å². The number of aromatic nitrogens is 4. The van der Waals surface area contributed by atoms with E-state index in [1.165, 1.54) is 0 Å². The highest BCUT2D eigenvalue weighted by Crippen LogP contribution is 2.35. The van der Waals surface area contributed by atoms with Crippen LogP contribution in [0.25, 0.3) is 0 Å². The third-order valence-corrected chi connectivity index (χ3v) is 5.29. The Labute approximate surface area is 186 Å². The molecule has 2 N–H and O–H groups in total. The lowest BCUT2D eigenvalue weighted by molar-refractivity contribution is 0.0739. The van der Waals surface area contributed by atoms with Gasteiger partial charge in [0.2, 0.25) is 0 Å². The van der Waals surface area contributed by atoms with Gasteiger partial charge in [-0.2, -0.15) is 5.10 Å². The van der Waals surface area contributed by atoms with E-state index in [9.17, 15) is 9.50 Å². The van der Waals surface area contributed by atoms with Gasteiger partial charge >= 0.3 is 0 Å². The van der Waals surface area contributed by atoms with E-state index in [4.69, 9.17) is 9.47 Å². The maximum atomic E-state index is 12.9. The summed E-state index contributed by atoms with van der Waals surface area (Å²) in [5.74, 6) is 2.01. The van der Waals surface area contributed by atoms with E-state index in [1.807, 2.05) is 0 Å². The van der Waals surface area contributed by atoms with Gasteiger partial charge in [0.05, 0.1) is 18.4 Å². The first-order chi connectivity index (χ1) is 15.4. The van der Waals surface area contributed by atoms with Crippen molar-refractivity contribution in [2.24, 2.45) is 0 Å². The van der Waals surface area contributed by atoms with E-state index in [1.54, 1.807) is 61.4 Å². The fraction of sp³-hybridized carbons (Fsp3) is 0.435. The number of rotatable bonds is 8. The zero-order valence-corrected chi connectivity index (χ0v) is 18.3. The number of hydrogen-bond acceptors (Lipinski definition) is 7. The van der Waals surface area contributed by atoms with Crippen LogP contribution in [0.15, 0.2) is 42.9 Å². The van der Waals surface area contributed by atoms with Crippen LogP contribution < -0.4 is 10.1 Å². The Morgan fingerprint density at radius 1 is 1.22 bits per heavy atom. The first kappa shape index (κ1) is 22.2. The molecule has 170 valence electrons. The number of anilines is 2. The molecule has 4 rings (SSSR count). The minimum atomic E-state index is -1.05. The molecule has 32 heavy (non-hydrogen) atoms. The van der Waals surface area contributed by atoms with Crippen molar-refractivity contribution in [2.75, 3.05) is 25.2 Å². The summed E-state index contributed by atoms with van der Waals surface area (Å²) in [5, 5.41) is 18.0. The Morgan fingerprint density at radius 2 is 2.00 bits per heavy atom. The maximum Gasteiger partial charge on any atom is 0.168 e. The first-order valence-corrected chi connectivity index (χ1v) is 10.7. The number of nitrogens with one attached hydrogen (secondary N) is 1. The van der Waals surface area contributed by atoms with Crippen LogP contribution in [0.4, 0.5) is 15.9 Å². The quantitative estimate of drug-likeness (QED) is 0.538. The summed E-state index contributed by atoms with van der Waals surface area (Å²) in [6, 6.07) is 7.12.